The van der Waals surface area contributed by atoms with Gasteiger partial charge in [-0.15, -0.1) is 0 Å². The molecule has 44 heavy (non-hydrogen) atoms. The Bertz CT molecular complexity index is 1420. The number of nitrogens with one attached hydrogen (secondary N) is 1. The number of hydrogen-bond donors (Lipinski definition) is 4. The van der Waals surface area contributed by atoms with Gasteiger partial charge in [-0.05, 0) is 125 Å². The quantitative estimate of drug-likeness (QED) is 0.287. The average Bonchev–Trinajstić information content (AvgIpc) is 2.96. The summed E-state index contributed by atoms with van der Waals surface area (Å²) in [5, 5.41) is 35.8. The van der Waals surface area contributed by atoms with Crippen molar-refractivity contribution in [1.82, 2.24) is 0 Å². The normalized spacial score (nSPS) is 48.3. The molecule has 1 amide bonds. The molecule has 6 nitrogen and oxygen atoms in total. The average molecular weight is 675 g/mol. The number of ketones is 1. The number of hydrogen-bond acceptors (Lipinski definition) is 5. The van der Waals surface area contributed by atoms with Crippen LogP contribution in [0, 0.1) is 62.5 Å². The molecule has 5 aliphatic rings. The topological polar surface area (TPSA) is 107 Å². The van der Waals surface area contributed by atoms with Crippen LogP contribution in [-0.4, -0.2) is 45.8 Å². The smallest absolute Gasteiger partial charge is 0.231 e. The Kier molecular flexibility index (Phi) is 7.68. The van der Waals surface area contributed by atoms with E-state index in [1.165, 1.54) is 6.07 Å². The minimum atomic E-state index is -1.05. The summed E-state index contributed by atoms with van der Waals surface area (Å²) in [7, 11) is 0. The van der Waals surface area contributed by atoms with Crippen molar-refractivity contribution in [2.24, 2.45) is 56.7 Å². The molecule has 1 aromatic carbocycles. The Labute approximate surface area is 269 Å². The maximum atomic E-state index is 14.6. The molecule has 0 aliphatic heterocycles. The highest BCUT2D eigenvalue weighted by atomic mass is 79.9. The third-order valence-corrected chi connectivity index (χ3v) is 15.1. The van der Waals surface area contributed by atoms with E-state index in [0.717, 1.165) is 31.3 Å². The molecule has 12 atom stereocenters. The summed E-state index contributed by atoms with van der Waals surface area (Å²) >= 11 is 3.20. The van der Waals surface area contributed by atoms with E-state index in [1.807, 2.05) is 13.0 Å². The highest BCUT2D eigenvalue weighted by Gasteiger charge is 2.72. The molecule has 0 saturated heterocycles. The predicted octanol–water partition coefficient (Wildman–Crippen LogP) is 6.67. The van der Waals surface area contributed by atoms with E-state index in [4.69, 9.17) is 0 Å². The van der Waals surface area contributed by atoms with E-state index in [-0.39, 0.29) is 47.4 Å². The molecule has 6 rings (SSSR count). The Balaban J connectivity index is 1.45. The monoisotopic (exact) mass is 673 g/mol. The van der Waals surface area contributed by atoms with E-state index in [1.54, 1.807) is 12.1 Å². The molecule has 5 aliphatic carbocycles. The second kappa shape index (κ2) is 10.4. The lowest BCUT2D eigenvalue weighted by Gasteiger charge is -2.71. The van der Waals surface area contributed by atoms with Crippen LogP contribution in [0.5, 0.6) is 0 Å². The highest BCUT2D eigenvalue weighted by Crippen LogP contribution is 2.75. The number of carbonyl (C=O) groups excluding carboxylic acids is 2. The third kappa shape index (κ3) is 4.12. The molecule has 0 bridgehead atoms. The zero-order valence-electron chi connectivity index (χ0n) is 26.9. The minimum absolute atomic E-state index is 0.0488. The van der Waals surface area contributed by atoms with Gasteiger partial charge in [0.2, 0.25) is 5.91 Å². The number of carbonyl (C=O) groups is 2. The maximum absolute atomic E-state index is 14.6. The summed E-state index contributed by atoms with van der Waals surface area (Å²) in [6.07, 6.45) is 4.70. The first-order chi connectivity index (χ1) is 20.5. The van der Waals surface area contributed by atoms with Crippen molar-refractivity contribution in [3.05, 3.63) is 40.1 Å². The number of halogens is 2. The minimum Gasteiger partial charge on any atom is -0.396 e. The standard InChI is InChI=1S/C36H49BrFNO5/c1-19-9-12-36(31(44)39-21-7-8-23(37)24(38)15-21)14-13-34(5)22(28(36)20(19)2)16-25(41)29-32(3)17-26(42)30(43)33(4,18-40)27(32)10-11-35(29,34)6/h7-8,15-16,19-20,26-30,40,42-43H,9-14,17-18H2,1-6H3,(H,39,44)/t19-,20+,26-,27-,28+,29-,30+,32+,33+,34-,35-,36+/m1/s1. The maximum Gasteiger partial charge on any atom is 0.231 e. The lowest BCUT2D eigenvalue weighted by Crippen LogP contribution is -2.70. The molecule has 4 N–H and O–H groups in total. The Hall–Kier alpha value is -1.61. The fourth-order valence-corrected chi connectivity index (χ4v) is 11.9. The van der Waals surface area contributed by atoms with Crippen LogP contribution in [-0.2, 0) is 9.59 Å². The molecular weight excluding hydrogens is 625 g/mol. The van der Waals surface area contributed by atoms with Gasteiger partial charge in [0.15, 0.2) is 5.78 Å². The third-order valence-electron chi connectivity index (χ3n) is 14.5. The number of rotatable bonds is 3. The van der Waals surface area contributed by atoms with Gasteiger partial charge < -0.3 is 20.6 Å². The summed E-state index contributed by atoms with van der Waals surface area (Å²) in [5.74, 6) is -0.544. The van der Waals surface area contributed by atoms with Crippen molar-refractivity contribution < 1.29 is 29.3 Å². The molecule has 0 spiro atoms. The van der Waals surface area contributed by atoms with Crippen LogP contribution >= 0.6 is 15.9 Å². The molecule has 242 valence electrons. The molecule has 0 unspecified atom stereocenters. The number of benzene rings is 1. The van der Waals surface area contributed by atoms with Gasteiger partial charge in [0.05, 0.1) is 28.7 Å². The first kappa shape index (κ1) is 32.3. The second-order valence-corrected chi connectivity index (χ2v) is 17.1. The van der Waals surface area contributed by atoms with Gasteiger partial charge in [-0.1, -0.05) is 47.1 Å². The summed E-state index contributed by atoms with van der Waals surface area (Å²) in [6.45, 7) is 12.7. The fraction of sp³-hybridized carbons (Fsp3) is 0.722. The first-order valence-corrected chi connectivity index (χ1v) is 17.3. The van der Waals surface area contributed by atoms with Gasteiger partial charge in [-0.25, -0.2) is 4.39 Å². The lowest BCUT2D eigenvalue weighted by atomic mass is 9.33. The van der Waals surface area contributed by atoms with E-state index in [0.29, 0.717) is 35.3 Å². The van der Waals surface area contributed by atoms with E-state index in [9.17, 15) is 29.3 Å². The summed E-state index contributed by atoms with van der Waals surface area (Å²) in [6, 6.07) is 4.66. The Morgan fingerprint density at radius 1 is 1.07 bits per heavy atom. The second-order valence-electron chi connectivity index (χ2n) is 16.3. The Morgan fingerprint density at radius 2 is 1.77 bits per heavy atom. The van der Waals surface area contributed by atoms with Crippen LogP contribution in [0.3, 0.4) is 0 Å². The number of aliphatic hydroxyl groups is 3. The zero-order chi connectivity index (χ0) is 32.2. The van der Waals surface area contributed by atoms with E-state index < -0.39 is 39.7 Å². The van der Waals surface area contributed by atoms with Crippen LogP contribution in [0.15, 0.2) is 34.3 Å². The van der Waals surface area contributed by atoms with Crippen molar-refractivity contribution in [1.29, 1.82) is 0 Å². The highest BCUT2D eigenvalue weighted by molar-refractivity contribution is 9.10. The Morgan fingerprint density at radius 3 is 2.43 bits per heavy atom. The van der Waals surface area contributed by atoms with Gasteiger partial charge >= 0.3 is 0 Å². The lowest BCUT2D eigenvalue weighted by molar-refractivity contribution is -0.238. The van der Waals surface area contributed by atoms with E-state index in [2.05, 4.69) is 55.9 Å². The molecule has 4 saturated carbocycles. The van der Waals surface area contributed by atoms with Crippen LogP contribution in [0.2, 0.25) is 0 Å². The van der Waals surface area contributed by atoms with Gasteiger partial charge in [0, 0.05) is 17.0 Å². The number of fused-ring (bicyclic) bond motifs is 7. The van der Waals surface area contributed by atoms with Gasteiger partial charge in [-0.2, -0.15) is 0 Å². The molecule has 1 aromatic rings. The summed E-state index contributed by atoms with van der Waals surface area (Å²) < 4.78 is 14.8. The van der Waals surface area contributed by atoms with Gasteiger partial charge in [0.1, 0.15) is 5.82 Å². The molecule has 0 heterocycles. The summed E-state index contributed by atoms with van der Waals surface area (Å²) in [4.78, 5) is 29.0. The van der Waals surface area contributed by atoms with Crippen molar-refractivity contribution in [2.75, 3.05) is 11.9 Å². The van der Waals surface area contributed by atoms with Crippen LogP contribution < -0.4 is 5.32 Å². The van der Waals surface area contributed by atoms with Crippen molar-refractivity contribution in [3.8, 4) is 0 Å². The van der Waals surface area contributed by atoms with Crippen LogP contribution in [0.1, 0.15) is 86.5 Å². The van der Waals surface area contributed by atoms with Gasteiger partial charge in [0.25, 0.3) is 0 Å². The molecule has 0 aromatic heterocycles. The fourth-order valence-electron chi connectivity index (χ4n) is 11.7. The predicted molar refractivity (Wildman–Crippen MR) is 171 cm³/mol. The van der Waals surface area contributed by atoms with Gasteiger partial charge in [-0.3, -0.25) is 9.59 Å². The van der Waals surface area contributed by atoms with Crippen molar-refractivity contribution >= 4 is 33.3 Å². The van der Waals surface area contributed by atoms with E-state index >= 15 is 0 Å². The number of allylic oxidation sites excluding steroid dienone is 2. The molecule has 8 heteroatoms. The van der Waals surface area contributed by atoms with Crippen LogP contribution in [0.4, 0.5) is 10.1 Å². The molecule has 4 fully saturated rings. The van der Waals surface area contributed by atoms with Crippen molar-refractivity contribution in [2.45, 2.75) is 98.7 Å². The summed E-state index contributed by atoms with van der Waals surface area (Å²) in [5.41, 5.74) is -1.46. The zero-order valence-corrected chi connectivity index (χ0v) is 28.5. The SMILES string of the molecule is C[C@H]1[C@H](C)CC[C@]2(C(=O)Nc3ccc(Br)c(F)c3)CC[C@]3(C)C(=CC(=O)[C@@H]4[C@@]5(C)C[C@@H](O)[C@H](O)[C@@](C)(CO)[C@@H]5CC[C@]43C)[C@H]12. The number of amides is 1. The van der Waals surface area contributed by atoms with Crippen molar-refractivity contribution in [3.63, 3.8) is 0 Å². The first-order valence-electron chi connectivity index (χ1n) is 16.5. The number of aliphatic hydroxyl groups excluding tert-OH is 3. The number of anilines is 1. The molecular formula is C36H49BrFNO5. The molecule has 0 radical (unpaired) electrons. The van der Waals surface area contributed by atoms with Crippen LogP contribution in [0.25, 0.3) is 0 Å². The largest absolute Gasteiger partial charge is 0.396 e.